The second kappa shape index (κ2) is 7.51. The van der Waals surface area contributed by atoms with Gasteiger partial charge in [0.1, 0.15) is 18.1 Å². The summed E-state index contributed by atoms with van der Waals surface area (Å²) in [6.45, 7) is 2.22. The molecular formula is C20H19NO3. The van der Waals surface area contributed by atoms with Crippen LogP contribution < -0.4 is 10.1 Å². The smallest absolute Gasteiger partial charge is 0.287 e. The molecule has 1 N–H and O–H groups in total. The molecule has 1 amide bonds. The molecule has 0 aliphatic rings. The molecule has 0 saturated carbocycles. The normalized spacial score (nSPS) is 11.7. The second-order valence-corrected chi connectivity index (χ2v) is 5.47. The Morgan fingerprint density at radius 1 is 1.00 bits per heavy atom. The van der Waals surface area contributed by atoms with Crippen LogP contribution in [0.1, 0.15) is 34.8 Å². The molecule has 24 heavy (non-hydrogen) atoms. The predicted molar refractivity (Wildman–Crippen MR) is 91.8 cm³/mol. The van der Waals surface area contributed by atoms with Crippen LogP contribution in [-0.2, 0) is 6.61 Å². The van der Waals surface area contributed by atoms with Crippen molar-refractivity contribution in [3.63, 3.8) is 0 Å². The molecule has 3 aromatic rings. The minimum atomic E-state index is -0.239. The first-order valence-corrected chi connectivity index (χ1v) is 7.85. The first kappa shape index (κ1) is 15.9. The Morgan fingerprint density at radius 3 is 2.38 bits per heavy atom. The zero-order valence-corrected chi connectivity index (χ0v) is 13.4. The van der Waals surface area contributed by atoms with Crippen LogP contribution in [0.25, 0.3) is 0 Å². The van der Waals surface area contributed by atoms with Crippen LogP contribution in [0, 0.1) is 0 Å². The van der Waals surface area contributed by atoms with Gasteiger partial charge in [0.2, 0.25) is 0 Å². The average Bonchev–Trinajstić information content (AvgIpc) is 3.11. The number of ether oxygens (including phenoxy) is 1. The van der Waals surface area contributed by atoms with Gasteiger partial charge in [0.15, 0.2) is 5.76 Å². The van der Waals surface area contributed by atoms with Crippen molar-refractivity contribution in [2.45, 2.75) is 19.6 Å². The van der Waals surface area contributed by atoms with Crippen molar-refractivity contribution in [2.24, 2.45) is 0 Å². The number of nitrogens with one attached hydrogen (secondary N) is 1. The Balaban J connectivity index is 1.57. The van der Waals surface area contributed by atoms with E-state index in [4.69, 9.17) is 9.15 Å². The number of amides is 1. The van der Waals surface area contributed by atoms with Gasteiger partial charge in [-0.3, -0.25) is 4.79 Å². The summed E-state index contributed by atoms with van der Waals surface area (Å²) in [7, 11) is 0. The highest BCUT2D eigenvalue weighted by molar-refractivity contribution is 5.91. The number of hydrogen-bond acceptors (Lipinski definition) is 3. The van der Waals surface area contributed by atoms with E-state index in [0.29, 0.717) is 5.76 Å². The molecule has 2 aromatic carbocycles. The summed E-state index contributed by atoms with van der Waals surface area (Å²) in [5.74, 6) is 1.41. The van der Waals surface area contributed by atoms with Crippen LogP contribution in [0.5, 0.6) is 5.75 Å². The van der Waals surface area contributed by atoms with Gasteiger partial charge in [0.05, 0.1) is 6.04 Å². The van der Waals surface area contributed by atoms with E-state index in [0.717, 1.165) is 11.3 Å². The van der Waals surface area contributed by atoms with Crippen molar-refractivity contribution >= 4 is 5.91 Å². The molecular weight excluding hydrogens is 302 g/mol. The lowest BCUT2D eigenvalue weighted by Gasteiger charge is -2.13. The summed E-state index contributed by atoms with van der Waals surface area (Å²) in [5, 5.41) is 2.93. The fourth-order valence-corrected chi connectivity index (χ4v) is 2.34. The van der Waals surface area contributed by atoms with Crippen LogP contribution in [0.4, 0.5) is 0 Å². The molecule has 0 unspecified atom stereocenters. The van der Waals surface area contributed by atoms with Crippen LogP contribution in [0.2, 0.25) is 0 Å². The monoisotopic (exact) mass is 321 g/mol. The van der Waals surface area contributed by atoms with E-state index in [1.807, 2.05) is 67.6 Å². The molecule has 122 valence electrons. The molecule has 0 aliphatic carbocycles. The molecule has 0 bridgehead atoms. The summed E-state index contributed by atoms with van der Waals surface area (Å²) in [5.41, 5.74) is 1.05. The zero-order chi connectivity index (χ0) is 16.8. The number of benzene rings is 2. The molecule has 0 fully saturated rings. The molecule has 0 aliphatic heterocycles. The number of hydrogen-bond donors (Lipinski definition) is 1. The maximum atomic E-state index is 12.3. The van der Waals surface area contributed by atoms with Crippen LogP contribution in [0.3, 0.4) is 0 Å². The quantitative estimate of drug-likeness (QED) is 0.734. The Bertz CT molecular complexity index is 781. The van der Waals surface area contributed by atoms with E-state index in [9.17, 15) is 4.79 Å². The van der Waals surface area contributed by atoms with Crippen molar-refractivity contribution in [3.8, 4) is 5.75 Å². The molecule has 0 spiro atoms. The fraction of sp³-hybridized carbons (Fsp3) is 0.150. The summed E-state index contributed by atoms with van der Waals surface area (Å²) in [6.07, 6.45) is 0. The van der Waals surface area contributed by atoms with Gasteiger partial charge in [-0.15, -0.1) is 0 Å². The third-order valence-corrected chi connectivity index (χ3v) is 3.66. The van der Waals surface area contributed by atoms with E-state index >= 15 is 0 Å². The highest BCUT2D eigenvalue weighted by Gasteiger charge is 2.15. The molecule has 0 radical (unpaired) electrons. The first-order chi connectivity index (χ1) is 11.7. The number of carbonyl (C=O) groups is 1. The Kier molecular flexibility index (Phi) is 4.96. The molecule has 4 heteroatoms. The molecule has 4 nitrogen and oxygen atoms in total. The third kappa shape index (κ3) is 4.04. The van der Waals surface area contributed by atoms with Gasteiger partial charge in [0, 0.05) is 0 Å². The number of para-hydroxylation sites is 1. The van der Waals surface area contributed by atoms with Crippen molar-refractivity contribution in [3.05, 3.63) is 89.9 Å². The molecule has 0 saturated heterocycles. The maximum Gasteiger partial charge on any atom is 0.287 e. The van der Waals surface area contributed by atoms with Crippen LogP contribution >= 0.6 is 0 Å². The molecule has 3 rings (SSSR count). The standard InChI is InChI=1S/C20H19NO3/c1-15(16-8-4-2-5-9-16)21-20(22)19-13-12-18(24-19)14-23-17-10-6-3-7-11-17/h2-13,15H,14H2,1H3,(H,21,22)/t15-/m1/s1. The molecule has 1 aromatic heterocycles. The lowest BCUT2D eigenvalue weighted by atomic mass is 10.1. The van der Waals surface area contributed by atoms with Crippen molar-refractivity contribution in [2.75, 3.05) is 0 Å². The van der Waals surface area contributed by atoms with E-state index in [1.165, 1.54) is 0 Å². The highest BCUT2D eigenvalue weighted by Crippen LogP contribution is 2.16. The van der Waals surface area contributed by atoms with Gasteiger partial charge in [-0.25, -0.2) is 0 Å². The van der Waals surface area contributed by atoms with E-state index < -0.39 is 0 Å². The zero-order valence-electron chi connectivity index (χ0n) is 13.4. The third-order valence-electron chi connectivity index (χ3n) is 3.66. The largest absolute Gasteiger partial charge is 0.486 e. The fourth-order valence-electron chi connectivity index (χ4n) is 2.34. The maximum absolute atomic E-state index is 12.3. The second-order valence-electron chi connectivity index (χ2n) is 5.47. The number of rotatable bonds is 6. The van der Waals surface area contributed by atoms with Crippen LogP contribution in [0.15, 0.2) is 77.2 Å². The van der Waals surface area contributed by atoms with E-state index in [1.54, 1.807) is 12.1 Å². The predicted octanol–water partition coefficient (Wildman–Crippen LogP) is 4.35. The van der Waals surface area contributed by atoms with Gasteiger partial charge < -0.3 is 14.5 Å². The highest BCUT2D eigenvalue weighted by atomic mass is 16.5. The Morgan fingerprint density at radius 2 is 1.67 bits per heavy atom. The summed E-state index contributed by atoms with van der Waals surface area (Å²) in [6, 6.07) is 22.6. The van der Waals surface area contributed by atoms with Gasteiger partial charge in [-0.05, 0) is 36.8 Å². The number of furan rings is 1. The SMILES string of the molecule is C[C@@H](NC(=O)c1ccc(COc2ccccc2)o1)c1ccccc1. The van der Waals surface area contributed by atoms with Gasteiger partial charge in [0.25, 0.3) is 5.91 Å². The van der Waals surface area contributed by atoms with Gasteiger partial charge in [-0.2, -0.15) is 0 Å². The summed E-state index contributed by atoms with van der Waals surface area (Å²) >= 11 is 0. The molecule has 1 atom stereocenters. The summed E-state index contributed by atoms with van der Waals surface area (Å²) < 4.78 is 11.2. The van der Waals surface area contributed by atoms with Gasteiger partial charge in [-0.1, -0.05) is 48.5 Å². The van der Waals surface area contributed by atoms with Crippen molar-refractivity contribution in [1.82, 2.24) is 5.32 Å². The lowest BCUT2D eigenvalue weighted by Crippen LogP contribution is -2.26. The van der Waals surface area contributed by atoms with E-state index in [2.05, 4.69) is 5.32 Å². The molecule has 1 heterocycles. The van der Waals surface area contributed by atoms with E-state index in [-0.39, 0.29) is 24.3 Å². The topological polar surface area (TPSA) is 51.5 Å². The van der Waals surface area contributed by atoms with Crippen LogP contribution in [-0.4, -0.2) is 5.91 Å². The Hall–Kier alpha value is -3.01. The summed E-state index contributed by atoms with van der Waals surface area (Å²) in [4.78, 5) is 12.3. The van der Waals surface area contributed by atoms with Crippen molar-refractivity contribution < 1.29 is 13.9 Å². The average molecular weight is 321 g/mol. The minimum absolute atomic E-state index is 0.0900. The minimum Gasteiger partial charge on any atom is -0.486 e. The van der Waals surface area contributed by atoms with Gasteiger partial charge >= 0.3 is 0 Å². The first-order valence-electron chi connectivity index (χ1n) is 7.85. The number of carbonyl (C=O) groups excluding carboxylic acids is 1. The Labute approximate surface area is 141 Å². The lowest BCUT2D eigenvalue weighted by molar-refractivity contribution is 0.0907. The van der Waals surface area contributed by atoms with Crippen molar-refractivity contribution in [1.29, 1.82) is 0 Å².